The van der Waals surface area contributed by atoms with Crippen LogP contribution in [0.3, 0.4) is 0 Å². The van der Waals surface area contributed by atoms with Crippen LogP contribution in [0.1, 0.15) is 32.1 Å². The number of hydrogen-bond donors (Lipinski definition) is 16. The highest BCUT2D eigenvalue weighted by Gasteiger charge is 2.53. The SMILES string of the molecule is COC(=O)C(Cc1cccc(CC(NC(=O)c2cn(CCO[C@@H]3O[C@H](CO)[C@@H](O[C@@H]4O[C@H](CO)[C@H](O)[C@H](O)[C@H]4O)[C@H](O)[C@H]3O)nn2)C(=O)OC)c1)NC(=O)c1cn(CCO[C@@H]2O[C@H](CO)[C@@H](O[C@@H]3O[C@H](CO)[C@H](O)[C@H](O)[C@H]3O)[C@H](O)[C@H]2O)nn1. The van der Waals surface area contributed by atoms with Crippen molar-refractivity contribution in [1.82, 2.24) is 40.6 Å². The molecule has 0 aliphatic carbocycles. The number of carbonyl (C=O) groups is 4. The molecule has 4 aliphatic heterocycles. The number of nitrogens with one attached hydrogen (secondary N) is 2. The lowest BCUT2D eigenvalue weighted by molar-refractivity contribution is -0.359. The molecule has 36 heteroatoms. The molecule has 22 atom stereocenters. The van der Waals surface area contributed by atoms with Crippen LogP contribution < -0.4 is 10.6 Å². The van der Waals surface area contributed by atoms with E-state index < -0.39 is 185 Å². The van der Waals surface area contributed by atoms with Gasteiger partial charge in [-0.15, -0.1) is 10.2 Å². The zero-order valence-electron chi connectivity index (χ0n) is 44.9. The second kappa shape index (κ2) is 30.2. The Labute approximate surface area is 475 Å². The molecule has 4 aliphatic rings. The van der Waals surface area contributed by atoms with E-state index in [1.54, 1.807) is 24.3 Å². The minimum absolute atomic E-state index is 0.110. The molecule has 0 bridgehead atoms. The number of rotatable bonds is 26. The maximum absolute atomic E-state index is 13.4. The first kappa shape index (κ1) is 66.0. The second-order valence-corrected chi connectivity index (χ2v) is 19.8. The predicted molar refractivity (Wildman–Crippen MR) is 265 cm³/mol. The number of aliphatic hydroxyl groups is 14. The molecule has 4 fully saturated rings. The van der Waals surface area contributed by atoms with Crippen LogP contribution in [-0.2, 0) is 82.9 Å². The molecule has 7 rings (SSSR count). The number of ether oxygens (including phenoxy) is 10. The highest BCUT2D eigenvalue weighted by atomic mass is 16.8. The minimum Gasteiger partial charge on any atom is -0.467 e. The van der Waals surface area contributed by atoms with Gasteiger partial charge in [-0.3, -0.25) is 9.59 Å². The van der Waals surface area contributed by atoms with Gasteiger partial charge in [-0.1, -0.05) is 34.7 Å². The third-order valence-electron chi connectivity index (χ3n) is 14.1. The number of amides is 2. The van der Waals surface area contributed by atoms with E-state index in [0.29, 0.717) is 11.1 Å². The molecule has 16 N–H and O–H groups in total. The van der Waals surface area contributed by atoms with Crippen LogP contribution in [0.4, 0.5) is 0 Å². The largest absolute Gasteiger partial charge is 0.467 e. The van der Waals surface area contributed by atoms with Crippen LogP contribution in [0.15, 0.2) is 36.7 Å². The summed E-state index contributed by atoms with van der Waals surface area (Å²) in [5, 5.41) is 164. The number of benzene rings is 1. The Hall–Kier alpha value is -5.50. The van der Waals surface area contributed by atoms with Gasteiger partial charge in [0.1, 0.15) is 110 Å². The number of carbonyl (C=O) groups excluding carboxylic acids is 4. The van der Waals surface area contributed by atoms with E-state index in [4.69, 9.17) is 47.4 Å². The predicted octanol–water partition coefficient (Wildman–Crippen LogP) is -10.8. The maximum atomic E-state index is 13.4. The summed E-state index contributed by atoms with van der Waals surface area (Å²) in [6.07, 6.45) is -30.9. The second-order valence-electron chi connectivity index (χ2n) is 19.8. The zero-order chi connectivity index (χ0) is 61.1. The molecule has 470 valence electrons. The van der Waals surface area contributed by atoms with Gasteiger partial charge in [0, 0.05) is 12.8 Å². The monoisotopic (exact) mass is 1210 g/mol. The van der Waals surface area contributed by atoms with Crippen LogP contribution in [0.2, 0.25) is 0 Å². The first-order valence-electron chi connectivity index (χ1n) is 26.2. The van der Waals surface area contributed by atoms with Crippen molar-refractivity contribution in [3.05, 3.63) is 59.2 Å². The normalized spacial score (nSPS) is 34.3. The average Bonchev–Trinajstić information content (AvgIpc) is 4.24. The summed E-state index contributed by atoms with van der Waals surface area (Å²) >= 11 is 0. The van der Waals surface area contributed by atoms with Gasteiger partial charge in [0.15, 0.2) is 36.5 Å². The molecule has 4 saturated heterocycles. The Kier molecular flexibility index (Phi) is 23.8. The third kappa shape index (κ3) is 15.7. The lowest BCUT2D eigenvalue weighted by atomic mass is 9.97. The fourth-order valence-corrected chi connectivity index (χ4v) is 9.42. The average molecular weight is 1210 g/mol. The van der Waals surface area contributed by atoms with Crippen molar-refractivity contribution < 1.29 is 138 Å². The van der Waals surface area contributed by atoms with E-state index in [-0.39, 0.29) is 50.5 Å². The lowest BCUT2D eigenvalue weighted by Gasteiger charge is -2.45. The Morgan fingerprint density at radius 2 is 0.869 bits per heavy atom. The van der Waals surface area contributed by atoms with Crippen LogP contribution in [0.5, 0.6) is 0 Å². The van der Waals surface area contributed by atoms with Gasteiger partial charge in [0.25, 0.3) is 11.8 Å². The van der Waals surface area contributed by atoms with Crippen molar-refractivity contribution in [3.8, 4) is 0 Å². The van der Waals surface area contributed by atoms with Crippen molar-refractivity contribution in [2.45, 2.75) is 161 Å². The Balaban J connectivity index is 0.875. The standard InChI is InChI=1S/C48H70N8O28/c1-75-43(73)21(49-41(71)23-13-55(53-51-23)6-8-77-45-37(69)33(65)39(27(17-59)81-45)83-47-35(67)31(63)29(61)25(15-57)79-47)11-19-4-3-5-20(10-19)12-22(44(74)76-2)50-42(72)24-14-56(54-52-24)7-9-78-46-38(70)34(66)40(28(18-60)82-46)84-48-36(68)32(64)30(62)26(16-58)80-48/h3-5,10,13-14,21-22,25-40,45-48,57-70H,6-9,11-12,15-18H2,1-2H3,(H,49,71)(H,50,72)/t21?,22?,25-,26-,27-,28-,29+,30+,31+,32+,33-,34-,35-,36-,37-,38-,39-,40-,45-,46-,47+,48+/m1/s1. The molecular weight excluding hydrogens is 1140 g/mol. The smallest absolute Gasteiger partial charge is 0.328 e. The molecule has 3 aromatic rings. The lowest BCUT2D eigenvalue weighted by Crippen LogP contribution is -2.64. The van der Waals surface area contributed by atoms with Gasteiger partial charge in [-0.25, -0.2) is 19.0 Å². The number of esters is 2. The summed E-state index contributed by atoms with van der Waals surface area (Å²) in [6, 6.07) is 3.90. The molecule has 84 heavy (non-hydrogen) atoms. The summed E-state index contributed by atoms with van der Waals surface area (Å²) in [5.41, 5.74) is 0.470. The Morgan fingerprint density at radius 1 is 0.512 bits per heavy atom. The third-order valence-corrected chi connectivity index (χ3v) is 14.1. The fraction of sp³-hybridized carbons (Fsp3) is 0.708. The van der Waals surface area contributed by atoms with E-state index in [2.05, 4.69) is 31.3 Å². The van der Waals surface area contributed by atoms with Gasteiger partial charge in [0.05, 0.1) is 79.3 Å². The number of hydrogen-bond acceptors (Lipinski definition) is 32. The van der Waals surface area contributed by atoms with Crippen molar-refractivity contribution in [3.63, 3.8) is 0 Å². The van der Waals surface area contributed by atoms with Gasteiger partial charge >= 0.3 is 11.9 Å². The van der Waals surface area contributed by atoms with Gasteiger partial charge in [-0.2, -0.15) is 0 Å². The van der Waals surface area contributed by atoms with E-state index in [1.165, 1.54) is 21.8 Å². The van der Waals surface area contributed by atoms with Crippen LogP contribution >= 0.6 is 0 Å². The number of aliphatic hydroxyl groups excluding tert-OH is 14. The molecule has 2 aromatic heterocycles. The summed E-state index contributed by atoms with van der Waals surface area (Å²) in [5.74, 6) is -3.36. The molecule has 0 radical (unpaired) electrons. The van der Waals surface area contributed by atoms with Crippen molar-refractivity contribution >= 4 is 23.8 Å². The topological polar surface area (TPSA) is 529 Å². The first-order chi connectivity index (χ1) is 40.1. The molecule has 1 aromatic carbocycles. The van der Waals surface area contributed by atoms with E-state index in [1.807, 2.05) is 0 Å². The molecular formula is C48H70N8O28. The minimum atomic E-state index is -1.85. The fourth-order valence-electron chi connectivity index (χ4n) is 9.42. The molecule has 2 unspecified atom stereocenters. The summed E-state index contributed by atoms with van der Waals surface area (Å²) in [6.45, 7) is -3.88. The Bertz CT molecular complexity index is 2430. The number of methoxy groups -OCH3 is 2. The van der Waals surface area contributed by atoms with Crippen molar-refractivity contribution in [2.24, 2.45) is 0 Å². The van der Waals surface area contributed by atoms with E-state index >= 15 is 0 Å². The molecule has 0 spiro atoms. The molecule has 2 amide bonds. The van der Waals surface area contributed by atoms with Crippen LogP contribution in [0, 0.1) is 0 Å². The molecule has 36 nitrogen and oxygen atoms in total. The first-order valence-corrected chi connectivity index (χ1v) is 26.2. The van der Waals surface area contributed by atoms with Crippen LogP contribution in [0.25, 0.3) is 0 Å². The Morgan fingerprint density at radius 3 is 1.23 bits per heavy atom. The van der Waals surface area contributed by atoms with Gasteiger partial charge in [0.2, 0.25) is 0 Å². The van der Waals surface area contributed by atoms with Crippen LogP contribution in [-0.4, -0.2) is 314 Å². The zero-order valence-corrected chi connectivity index (χ0v) is 44.9. The van der Waals surface area contributed by atoms with Gasteiger partial charge in [-0.05, 0) is 11.1 Å². The highest BCUT2D eigenvalue weighted by Crippen LogP contribution is 2.32. The molecule has 0 saturated carbocycles. The summed E-state index contributed by atoms with van der Waals surface area (Å²) < 4.78 is 56.4. The quantitative estimate of drug-likeness (QED) is 0.0332. The van der Waals surface area contributed by atoms with E-state index in [9.17, 15) is 90.7 Å². The van der Waals surface area contributed by atoms with Crippen molar-refractivity contribution in [1.29, 1.82) is 0 Å². The van der Waals surface area contributed by atoms with Gasteiger partial charge < -0.3 is 129 Å². The van der Waals surface area contributed by atoms with E-state index in [0.717, 1.165) is 14.2 Å². The number of aromatic nitrogens is 6. The summed E-state index contributed by atoms with van der Waals surface area (Å²) in [7, 11) is 2.22. The maximum Gasteiger partial charge on any atom is 0.328 e. The number of nitrogens with zero attached hydrogens (tertiary/aromatic N) is 6. The van der Waals surface area contributed by atoms with Crippen molar-refractivity contribution in [2.75, 3.05) is 53.9 Å². The molecule has 6 heterocycles. The highest BCUT2D eigenvalue weighted by molar-refractivity contribution is 5.95. The summed E-state index contributed by atoms with van der Waals surface area (Å²) in [4.78, 5) is 52.8.